The van der Waals surface area contributed by atoms with Crippen molar-refractivity contribution in [3.05, 3.63) is 63.7 Å². The van der Waals surface area contributed by atoms with Crippen LogP contribution in [-0.4, -0.2) is 0 Å². The van der Waals surface area contributed by atoms with Crippen LogP contribution in [0.4, 0.5) is 0 Å². The van der Waals surface area contributed by atoms with Gasteiger partial charge in [0, 0.05) is 16.6 Å². The fourth-order valence-corrected chi connectivity index (χ4v) is 2.24. The van der Waals surface area contributed by atoms with Crippen LogP contribution in [0, 0.1) is 13.8 Å². The molecule has 106 valence electrons. The third kappa shape index (κ3) is 3.53. The van der Waals surface area contributed by atoms with Gasteiger partial charge in [0.1, 0.15) is 12.4 Å². The van der Waals surface area contributed by atoms with Crippen LogP contribution in [0.5, 0.6) is 5.75 Å². The average molecular weight is 290 g/mol. The van der Waals surface area contributed by atoms with Gasteiger partial charge in [-0.3, -0.25) is 0 Å². The molecule has 0 aliphatic heterocycles. The van der Waals surface area contributed by atoms with Gasteiger partial charge in [-0.1, -0.05) is 29.8 Å². The van der Waals surface area contributed by atoms with E-state index in [0.29, 0.717) is 11.6 Å². The molecular weight excluding hydrogens is 270 g/mol. The van der Waals surface area contributed by atoms with Crippen molar-refractivity contribution >= 4 is 11.6 Å². The number of halogens is 1. The van der Waals surface area contributed by atoms with Gasteiger partial charge in [0.2, 0.25) is 0 Å². The Morgan fingerprint density at radius 1 is 1.10 bits per heavy atom. The van der Waals surface area contributed by atoms with Crippen molar-refractivity contribution in [2.45, 2.75) is 33.4 Å². The zero-order valence-corrected chi connectivity index (χ0v) is 12.9. The average Bonchev–Trinajstić information content (AvgIpc) is 2.41. The summed E-state index contributed by atoms with van der Waals surface area (Å²) in [4.78, 5) is 0. The van der Waals surface area contributed by atoms with Gasteiger partial charge in [0.05, 0.1) is 0 Å². The largest absolute Gasteiger partial charge is 0.489 e. The van der Waals surface area contributed by atoms with Crippen molar-refractivity contribution in [2.75, 3.05) is 0 Å². The minimum Gasteiger partial charge on any atom is -0.489 e. The fourth-order valence-electron chi connectivity index (χ4n) is 2.06. The Labute approximate surface area is 125 Å². The normalized spacial score (nSPS) is 12.2. The van der Waals surface area contributed by atoms with Gasteiger partial charge < -0.3 is 10.5 Å². The van der Waals surface area contributed by atoms with Gasteiger partial charge in [0.25, 0.3) is 0 Å². The van der Waals surface area contributed by atoms with Crippen molar-refractivity contribution < 1.29 is 4.74 Å². The van der Waals surface area contributed by atoms with Crippen molar-refractivity contribution in [1.29, 1.82) is 0 Å². The number of hydrogen-bond acceptors (Lipinski definition) is 2. The van der Waals surface area contributed by atoms with E-state index in [0.717, 1.165) is 16.9 Å². The van der Waals surface area contributed by atoms with Crippen LogP contribution < -0.4 is 10.5 Å². The second-order valence-electron chi connectivity index (χ2n) is 5.18. The van der Waals surface area contributed by atoms with Crippen LogP contribution in [0.3, 0.4) is 0 Å². The molecule has 2 aromatic rings. The van der Waals surface area contributed by atoms with E-state index < -0.39 is 0 Å². The first-order chi connectivity index (χ1) is 9.47. The number of nitrogens with two attached hydrogens (primary N) is 1. The van der Waals surface area contributed by atoms with E-state index >= 15 is 0 Å². The molecule has 0 aliphatic rings. The Hall–Kier alpha value is -1.51. The summed E-state index contributed by atoms with van der Waals surface area (Å²) in [5, 5.41) is 0.677. The highest BCUT2D eigenvalue weighted by atomic mass is 35.5. The first kappa shape index (κ1) is 14.9. The van der Waals surface area contributed by atoms with Crippen molar-refractivity contribution in [2.24, 2.45) is 5.73 Å². The van der Waals surface area contributed by atoms with Crippen LogP contribution in [0.2, 0.25) is 5.02 Å². The molecule has 0 aromatic heterocycles. The molecule has 2 aromatic carbocycles. The quantitative estimate of drug-likeness (QED) is 0.896. The van der Waals surface area contributed by atoms with Crippen molar-refractivity contribution in [1.82, 2.24) is 0 Å². The Morgan fingerprint density at radius 2 is 1.85 bits per heavy atom. The molecule has 0 amide bonds. The minimum absolute atomic E-state index is 0.108. The molecule has 0 radical (unpaired) electrons. The maximum atomic E-state index is 6.01. The zero-order valence-electron chi connectivity index (χ0n) is 12.1. The molecule has 0 bridgehead atoms. The Kier molecular flexibility index (Phi) is 4.69. The molecule has 20 heavy (non-hydrogen) atoms. The number of hydrogen-bond donors (Lipinski definition) is 1. The molecule has 0 aliphatic carbocycles. The highest BCUT2D eigenvalue weighted by Crippen LogP contribution is 2.28. The Balaban J connectivity index is 2.16. The third-order valence-corrected chi connectivity index (χ3v) is 3.66. The monoisotopic (exact) mass is 289 g/mol. The lowest BCUT2D eigenvalue weighted by Gasteiger charge is -2.15. The van der Waals surface area contributed by atoms with Crippen LogP contribution in [0.25, 0.3) is 0 Å². The summed E-state index contributed by atoms with van der Waals surface area (Å²) in [6, 6.07) is 11.8. The highest BCUT2D eigenvalue weighted by molar-refractivity contribution is 6.30. The number of rotatable bonds is 4. The second kappa shape index (κ2) is 6.29. The Morgan fingerprint density at radius 3 is 2.50 bits per heavy atom. The molecule has 0 heterocycles. The molecule has 0 fully saturated rings. The van der Waals surface area contributed by atoms with Crippen LogP contribution in [0.15, 0.2) is 36.4 Å². The SMILES string of the molecule is Cc1ccc(COc2ccc(Cl)cc2C(C)N)cc1C. The minimum atomic E-state index is -0.108. The van der Waals surface area contributed by atoms with Gasteiger partial charge >= 0.3 is 0 Å². The second-order valence-corrected chi connectivity index (χ2v) is 5.61. The fraction of sp³-hybridized carbons (Fsp3) is 0.294. The van der Waals surface area contributed by atoms with Gasteiger partial charge in [-0.05, 0) is 55.7 Å². The molecule has 1 unspecified atom stereocenters. The predicted molar refractivity (Wildman–Crippen MR) is 84.3 cm³/mol. The lowest BCUT2D eigenvalue weighted by Crippen LogP contribution is -2.08. The lowest BCUT2D eigenvalue weighted by molar-refractivity contribution is 0.301. The summed E-state index contributed by atoms with van der Waals surface area (Å²) in [7, 11) is 0. The van der Waals surface area contributed by atoms with Crippen LogP contribution in [-0.2, 0) is 6.61 Å². The highest BCUT2D eigenvalue weighted by Gasteiger charge is 2.09. The smallest absolute Gasteiger partial charge is 0.124 e. The van der Waals surface area contributed by atoms with Crippen LogP contribution >= 0.6 is 11.6 Å². The van der Waals surface area contributed by atoms with Gasteiger partial charge in [-0.25, -0.2) is 0 Å². The maximum absolute atomic E-state index is 6.01. The van der Waals surface area contributed by atoms with Gasteiger partial charge in [0.15, 0.2) is 0 Å². The van der Waals surface area contributed by atoms with E-state index in [-0.39, 0.29) is 6.04 Å². The molecular formula is C17H20ClNO. The van der Waals surface area contributed by atoms with E-state index in [2.05, 4.69) is 32.0 Å². The summed E-state index contributed by atoms with van der Waals surface area (Å²) < 4.78 is 5.90. The summed E-state index contributed by atoms with van der Waals surface area (Å²) in [6.45, 7) is 6.67. The summed E-state index contributed by atoms with van der Waals surface area (Å²) in [6.07, 6.45) is 0. The number of ether oxygens (including phenoxy) is 1. The van der Waals surface area contributed by atoms with Crippen molar-refractivity contribution in [3.8, 4) is 5.75 Å². The molecule has 3 heteroatoms. The summed E-state index contributed by atoms with van der Waals surface area (Å²) >= 11 is 6.01. The maximum Gasteiger partial charge on any atom is 0.124 e. The van der Waals surface area contributed by atoms with E-state index in [4.69, 9.17) is 22.1 Å². The van der Waals surface area contributed by atoms with E-state index in [1.807, 2.05) is 25.1 Å². The molecule has 0 saturated heterocycles. The van der Waals surface area contributed by atoms with Gasteiger partial charge in [-0.15, -0.1) is 0 Å². The van der Waals surface area contributed by atoms with Crippen LogP contribution in [0.1, 0.15) is 35.2 Å². The number of aryl methyl sites for hydroxylation is 2. The first-order valence-corrected chi connectivity index (χ1v) is 7.09. The standard InChI is InChI=1S/C17H20ClNO/c1-11-4-5-14(8-12(11)2)10-20-17-7-6-15(18)9-16(17)13(3)19/h4-9,13H,10,19H2,1-3H3. The Bertz CT molecular complexity index is 608. The molecule has 1 atom stereocenters. The van der Waals surface area contributed by atoms with Gasteiger partial charge in [-0.2, -0.15) is 0 Å². The van der Waals surface area contributed by atoms with E-state index in [1.54, 1.807) is 0 Å². The van der Waals surface area contributed by atoms with Crippen molar-refractivity contribution in [3.63, 3.8) is 0 Å². The van der Waals surface area contributed by atoms with E-state index in [1.165, 1.54) is 11.1 Å². The summed E-state index contributed by atoms with van der Waals surface area (Å²) in [5.74, 6) is 0.794. The zero-order chi connectivity index (χ0) is 14.7. The predicted octanol–water partition coefficient (Wildman–Crippen LogP) is 4.56. The third-order valence-electron chi connectivity index (χ3n) is 3.43. The molecule has 2 rings (SSSR count). The molecule has 2 N–H and O–H groups in total. The molecule has 0 saturated carbocycles. The molecule has 2 nitrogen and oxygen atoms in total. The molecule has 0 spiro atoms. The first-order valence-electron chi connectivity index (χ1n) is 6.71. The number of benzene rings is 2. The topological polar surface area (TPSA) is 35.2 Å². The van der Waals surface area contributed by atoms with E-state index in [9.17, 15) is 0 Å². The lowest BCUT2D eigenvalue weighted by atomic mass is 10.1. The summed E-state index contributed by atoms with van der Waals surface area (Å²) in [5.41, 5.74) is 10.6.